The monoisotopic (exact) mass is 223 g/mol. The smallest absolute Gasteiger partial charge is 0.147 e. The number of fused-ring (bicyclic) bond motifs is 1. The first-order chi connectivity index (χ1) is 8.26. The summed E-state index contributed by atoms with van der Waals surface area (Å²) in [6, 6.07) is 11.9. The summed E-state index contributed by atoms with van der Waals surface area (Å²) < 4.78 is 0. The molecule has 2 rings (SSSR count). The number of likely N-dealkylation sites (N-methyl/N-ethyl adjacent to an activating group) is 1. The Hall–Kier alpha value is -2.34. The maximum absolute atomic E-state index is 9.15. The van der Waals surface area contributed by atoms with Gasteiger partial charge in [-0.3, -0.25) is 0 Å². The molecule has 0 aliphatic carbocycles. The molecule has 0 saturated heterocycles. The van der Waals surface area contributed by atoms with E-state index in [1.807, 2.05) is 42.3 Å². The van der Waals surface area contributed by atoms with E-state index >= 15 is 0 Å². The molecule has 0 N–H and O–H groups in total. The zero-order valence-electron chi connectivity index (χ0n) is 9.72. The van der Waals surface area contributed by atoms with Gasteiger partial charge in [0.15, 0.2) is 0 Å². The number of aromatic nitrogens is 1. The average Bonchev–Trinajstić information content (AvgIpc) is 2.37. The van der Waals surface area contributed by atoms with Crippen LogP contribution in [0.15, 0.2) is 43.0 Å². The number of rotatable bonds is 3. The minimum absolute atomic E-state index is 0.591. The van der Waals surface area contributed by atoms with Gasteiger partial charge in [0.25, 0.3) is 0 Å². The minimum atomic E-state index is 0.591. The highest BCUT2D eigenvalue weighted by atomic mass is 15.2. The van der Waals surface area contributed by atoms with Crippen LogP contribution in [-0.2, 0) is 0 Å². The SMILES string of the molecule is C=CCN(C)c1nc2ccccc2cc1C#N. The highest BCUT2D eigenvalue weighted by Crippen LogP contribution is 2.21. The fourth-order valence-corrected chi connectivity index (χ4v) is 1.76. The van der Waals surface area contributed by atoms with E-state index in [2.05, 4.69) is 17.6 Å². The molecular weight excluding hydrogens is 210 g/mol. The van der Waals surface area contributed by atoms with E-state index in [9.17, 15) is 0 Å². The van der Waals surface area contributed by atoms with Gasteiger partial charge in [-0.2, -0.15) is 5.26 Å². The quantitative estimate of drug-likeness (QED) is 0.751. The van der Waals surface area contributed by atoms with Crippen molar-refractivity contribution in [1.29, 1.82) is 5.26 Å². The van der Waals surface area contributed by atoms with Crippen molar-refractivity contribution < 1.29 is 0 Å². The second kappa shape index (κ2) is 4.67. The van der Waals surface area contributed by atoms with E-state index in [0.29, 0.717) is 17.9 Å². The van der Waals surface area contributed by atoms with Crippen LogP contribution in [0.4, 0.5) is 5.82 Å². The molecule has 3 nitrogen and oxygen atoms in total. The third-order valence-electron chi connectivity index (χ3n) is 2.59. The molecule has 0 amide bonds. The number of nitriles is 1. The first-order valence-electron chi connectivity index (χ1n) is 5.38. The Balaban J connectivity index is 2.61. The second-order valence-electron chi connectivity index (χ2n) is 3.83. The van der Waals surface area contributed by atoms with Crippen LogP contribution in [0.1, 0.15) is 5.56 Å². The maximum Gasteiger partial charge on any atom is 0.147 e. The lowest BCUT2D eigenvalue weighted by Crippen LogP contribution is -2.19. The molecule has 0 aliphatic rings. The van der Waals surface area contributed by atoms with Crippen LogP contribution in [-0.4, -0.2) is 18.6 Å². The Bertz CT molecular complexity index is 596. The van der Waals surface area contributed by atoms with Crippen LogP contribution in [0.25, 0.3) is 10.9 Å². The van der Waals surface area contributed by atoms with Crippen LogP contribution in [0.3, 0.4) is 0 Å². The molecule has 2 aromatic rings. The Morgan fingerprint density at radius 1 is 1.47 bits per heavy atom. The molecule has 1 aromatic carbocycles. The first-order valence-corrected chi connectivity index (χ1v) is 5.38. The molecule has 0 saturated carbocycles. The van der Waals surface area contributed by atoms with Gasteiger partial charge in [0, 0.05) is 19.0 Å². The van der Waals surface area contributed by atoms with Crippen molar-refractivity contribution in [3.8, 4) is 6.07 Å². The average molecular weight is 223 g/mol. The van der Waals surface area contributed by atoms with Crippen LogP contribution in [0.5, 0.6) is 0 Å². The Kier molecular flexibility index (Phi) is 3.06. The zero-order chi connectivity index (χ0) is 12.3. The van der Waals surface area contributed by atoms with Crippen molar-refractivity contribution >= 4 is 16.7 Å². The van der Waals surface area contributed by atoms with E-state index in [0.717, 1.165) is 10.9 Å². The number of para-hydroxylation sites is 1. The summed E-state index contributed by atoms with van der Waals surface area (Å²) in [6.45, 7) is 4.36. The third kappa shape index (κ3) is 2.11. The molecule has 0 bridgehead atoms. The molecule has 0 unspecified atom stereocenters. The summed E-state index contributed by atoms with van der Waals surface area (Å²) in [5.41, 5.74) is 1.49. The molecule has 0 spiro atoms. The summed E-state index contributed by atoms with van der Waals surface area (Å²) in [5.74, 6) is 0.700. The standard InChI is InChI=1S/C14H13N3/c1-3-8-17(2)14-12(10-15)9-11-6-4-5-7-13(11)16-14/h3-7,9H,1,8H2,2H3. The normalized spacial score (nSPS) is 9.88. The van der Waals surface area contributed by atoms with Crippen molar-refractivity contribution in [3.63, 3.8) is 0 Å². The van der Waals surface area contributed by atoms with E-state index in [1.165, 1.54) is 0 Å². The lowest BCUT2D eigenvalue weighted by molar-refractivity contribution is 0.996. The first kappa shape index (κ1) is 11.2. The third-order valence-corrected chi connectivity index (χ3v) is 2.59. The molecular formula is C14H13N3. The molecule has 1 aromatic heterocycles. The molecule has 84 valence electrons. The molecule has 17 heavy (non-hydrogen) atoms. The Morgan fingerprint density at radius 3 is 2.94 bits per heavy atom. The number of pyridine rings is 1. The fourth-order valence-electron chi connectivity index (χ4n) is 1.76. The lowest BCUT2D eigenvalue weighted by Gasteiger charge is -2.17. The van der Waals surface area contributed by atoms with Gasteiger partial charge >= 0.3 is 0 Å². The number of anilines is 1. The summed E-state index contributed by atoms with van der Waals surface area (Å²) in [4.78, 5) is 6.43. The largest absolute Gasteiger partial charge is 0.355 e. The molecule has 0 radical (unpaired) electrons. The highest BCUT2D eigenvalue weighted by molar-refractivity contribution is 5.83. The molecule has 0 atom stereocenters. The lowest BCUT2D eigenvalue weighted by atomic mass is 10.1. The van der Waals surface area contributed by atoms with Gasteiger partial charge in [-0.05, 0) is 12.1 Å². The van der Waals surface area contributed by atoms with Gasteiger partial charge in [0.05, 0.1) is 11.1 Å². The number of hydrogen-bond donors (Lipinski definition) is 0. The van der Waals surface area contributed by atoms with Crippen molar-refractivity contribution in [2.75, 3.05) is 18.5 Å². The van der Waals surface area contributed by atoms with Gasteiger partial charge < -0.3 is 4.90 Å². The van der Waals surface area contributed by atoms with E-state index in [-0.39, 0.29) is 0 Å². The Labute approximate surface area is 101 Å². The van der Waals surface area contributed by atoms with E-state index < -0.39 is 0 Å². The maximum atomic E-state index is 9.15. The van der Waals surface area contributed by atoms with Gasteiger partial charge in [-0.15, -0.1) is 6.58 Å². The number of nitrogens with zero attached hydrogens (tertiary/aromatic N) is 3. The number of hydrogen-bond acceptors (Lipinski definition) is 3. The van der Waals surface area contributed by atoms with Crippen LogP contribution < -0.4 is 4.90 Å². The van der Waals surface area contributed by atoms with Crippen molar-refractivity contribution in [3.05, 3.63) is 48.6 Å². The minimum Gasteiger partial charge on any atom is -0.355 e. The van der Waals surface area contributed by atoms with Crippen molar-refractivity contribution in [2.45, 2.75) is 0 Å². The van der Waals surface area contributed by atoms with E-state index in [4.69, 9.17) is 5.26 Å². The summed E-state index contributed by atoms with van der Waals surface area (Å²) >= 11 is 0. The topological polar surface area (TPSA) is 39.9 Å². The van der Waals surface area contributed by atoms with Gasteiger partial charge in [0.1, 0.15) is 11.9 Å². The summed E-state index contributed by atoms with van der Waals surface area (Å²) in [7, 11) is 1.90. The second-order valence-corrected chi connectivity index (χ2v) is 3.83. The van der Waals surface area contributed by atoms with E-state index in [1.54, 1.807) is 6.08 Å². The van der Waals surface area contributed by atoms with Crippen LogP contribution in [0, 0.1) is 11.3 Å². The van der Waals surface area contributed by atoms with Gasteiger partial charge in [-0.1, -0.05) is 24.3 Å². The van der Waals surface area contributed by atoms with Gasteiger partial charge in [0.2, 0.25) is 0 Å². The molecule has 0 aliphatic heterocycles. The summed E-state index contributed by atoms with van der Waals surface area (Å²) in [5, 5.41) is 10.1. The predicted octanol–water partition coefficient (Wildman–Crippen LogP) is 2.73. The molecule has 1 heterocycles. The number of benzene rings is 1. The summed E-state index contributed by atoms with van der Waals surface area (Å²) in [6.07, 6.45) is 1.79. The van der Waals surface area contributed by atoms with Crippen molar-refractivity contribution in [1.82, 2.24) is 4.98 Å². The van der Waals surface area contributed by atoms with Crippen LogP contribution >= 0.6 is 0 Å². The predicted molar refractivity (Wildman–Crippen MR) is 69.9 cm³/mol. The zero-order valence-corrected chi connectivity index (χ0v) is 9.72. The van der Waals surface area contributed by atoms with Crippen molar-refractivity contribution in [2.24, 2.45) is 0 Å². The van der Waals surface area contributed by atoms with Gasteiger partial charge in [-0.25, -0.2) is 4.98 Å². The fraction of sp³-hybridized carbons (Fsp3) is 0.143. The van der Waals surface area contributed by atoms with Crippen LogP contribution in [0.2, 0.25) is 0 Å². The molecule has 3 heteroatoms. The highest BCUT2D eigenvalue weighted by Gasteiger charge is 2.09. The Morgan fingerprint density at radius 2 is 2.24 bits per heavy atom. The molecule has 0 fully saturated rings.